The van der Waals surface area contributed by atoms with Gasteiger partial charge in [-0.1, -0.05) is 12.1 Å². The van der Waals surface area contributed by atoms with Crippen molar-refractivity contribution in [2.24, 2.45) is 4.99 Å². The zero-order chi connectivity index (χ0) is 19.2. The molecule has 2 aliphatic rings. The second-order valence-electron chi connectivity index (χ2n) is 7.36. The van der Waals surface area contributed by atoms with Crippen molar-refractivity contribution in [3.63, 3.8) is 0 Å². The maximum absolute atomic E-state index is 5.58. The van der Waals surface area contributed by atoms with E-state index in [1.165, 1.54) is 29.5 Å². The summed E-state index contributed by atoms with van der Waals surface area (Å²) in [5, 5.41) is 6.81. The van der Waals surface area contributed by atoms with Gasteiger partial charge in [-0.2, -0.15) is 0 Å². The first-order valence-corrected chi connectivity index (χ1v) is 10.2. The topological polar surface area (TPSA) is 61.8 Å². The van der Waals surface area contributed by atoms with Crippen molar-refractivity contribution in [3.05, 3.63) is 53.2 Å². The minimum atomic E-state index is 0. The standard InChI is InChI=1S/C22H29N5O.HI/c1-23-22(25-10-6-17-4-5-20-19(14-17)8-13-28-20)26-16-18-7-9-24-21(15-18)27-11-2-3-12-27;/h4-5,7,9,14-15H,2-3,6,8,10-13,16H2,1H3,(H2,23,25,26);1H. The van der Waals surface area contributed by atoms with Crippen molar-refractivity contribution in [2.45, 2.75) is 32.2 Å². The number of halogens is 1. The lowest BCUT2D eigenvalue weighted by Gasteiger charge is -2.17. The van der Waals surface area contributed by atoms with E-state index >= 15 is 0 Å². The number of aromatic nitrogens is 1. The van der Waals surface area contributed by atoms with Gasteiger partial charge in [-0.05, 0) is 54.2 Å². The van der Waals surface area contributed by atoms with Gasteiger partial charge in [-0.15, -0.1) is 24.0 Å². The number of guanidine groups is 1. The van der Waals surface area contributed by atoms with Gasteiger partial charge in [-0.3, -0.25) is 4.99 Å². The van der Waals surface area contributed by atoms with Crippen molar-refractivity contribution in [2.75, 3.05) is 38.2 Å². The zero-order valence-corrected chi connectivity index (χ0v) is 19.3. The Hall–Kier alpha value is -2.03. The Balaban J connectivity index is 0.00000240. The van der Waals surface area contributed by atoms with Crippen molar-refractivity contribution in [1.29, 1.82) is 0 Å². The van der Waals surface area contributed by atoms with Gasteiger partial charge < -0.3 is 20.3 Å². The molecule has 1 fully saturated rings. The van der Waals surface area contributed by atoms with Gasteiger partial charge in [0.2, 0.25) is 0 Å². The molecule has 0 spiro atoms. The van der Waals surface area contributed by atoms with E-state index in [1.807, 2.05) is 13.2 Å². The summed E-state index contributed by atoms with van der Waals surface area (Å²) in [4.78, 5) is 11.2. The van der Waals surface area contributed by atoms with Crippen LogP contribution in [0.1, 0.15) is 29.5 Å². The van der Waals surface area contributed by atoms with Crippen LogP contribution in [0.5, 0.6) is 5.75 Å². The number of fused-ring (bicyclic) bond motifs is 1. The van der Waals surface area contributed by atoms with Crippen molar-refractivity contribution in [3.8, 4) is 5.75 Å². The molecular weight excluding hydrogens is 477 g/mol. The summed E-state index contributed by atoms with van der Waals surface area (Å²) in [6, 6.07) is 10.7. The molecule has 1 aromatic carbocycles. The minimum absolute atomic E-state index is 0. The summed E-state index contributed by atoms with van der Waals surface area (Å²) in [6.45, 7) is 4.61. The molecule has 3 heterocycles. The van der Waals surface area contributed by atoms with E-state index in [0.29, 0.717) is 0 Å². The van der Waals surface area contributed by atoms with Crippen LogP contribution in [-0.4, -0.2) is 44.2 Å². The average molecular weight is 507 g/mol. The quantitative estimate of drug-likeness (QED) is 0.358. The van der Waals surface area contributed by atoms with Gasteiger partial charge in [0.25, 0.3) is 0 Å². The van der Waals surface area contributed by atoms with Crippen LogP contribution in [0.2, 0.25) is 0 Å². The molecule has 29 heavy (non-hydrogen) atoms. The monoisotopic (exact) mass is 507 g/mol. The third-order valence-electron chi connectivity index (χ3n) is 5.38. The van der Waals surface area contributed by atoms with E-state index in [-0.39, 0.29) is 24.0 Å². The second-order valence-corrected chi connectivity index (χ2v) is 7.36. The van der Waals surface area contributed by atoms with Gasteiger partial charge in [0, 0.05) is 45.8 Å². The lowest BCUT2D eigenvalue weighted by atomic mass is 10.1. The van der Waals surface area contributed by atoms with Gasteiger partial charge in [0.1, 0.15) is 11.6 Å². The molecule has 4 rings (SSSR count). The second kappa shape index (κ2) is 10.7. The van der Waals surface area contributed by atoms with Gasteiger partial charge in [-0.25, -0.2) is 4.98 Å². The lowest BCUT2D eigenvalue weighted by Crippen LogP contribution is -2.37. The number of anilines is 1. The van der Waals surface area contributed by atoms with E-state index in [2.05, 4.69) is 55.8 Å². The summed E-state index contributed by atoms with van der Waals surface area (Å²) in [6.07, 6.45) is 6.40. The fraction of sp³-hybridized carbons (Fsp3) is 0.455. The van der Waals surface area contributed by atoms with Crippen LogP contribution in [0.25, 0.3) is 0 Å². The highest BCUT2D eigenvalue weighted by Gasteiger charge is 2.14. The van der Waals surface area contributed by atoms with Crippen LogP contribution in [0.15, 0.2) is 41.5 Å². The Kier molecular flexibility index (Phi) is 7.97. The molecule has 1 saturated heterocycles. The summed E-state index contributed by atoms with van der Waals surface area (Å²) >= 11 is 0. The predicted molar refractivity (Wildman–Crippen MR) is 129 cm³/mol. The fourth-order valence-corrected chi connectivity index (χ4v) is 3.82. The Bertz CT molecular complexity index is 836. The first-order chi connectivity index (χ1) is 13.8. The van der Waals surface area contributed by atoms with E-state index in [4.69, 9.17) is 4.74 Å². The average Bonchev–Trinajstić information content (AvgIpc) is 3.42. The highest BCUT2D eigenvalue weighted by Crippen LogP contribution is 2.25. The van der Waals surface area contributed by atoms with E-state index in [1.54, 1.807) is 0 Å². The third kappa shape index (κ3) is 5.74. The molecule has 0 aliphatic carbocycles. The lowest BCUT2D eigenvalue weighted by molar-refractivity contribution is 0.357. The number of aliphatic imine (C=N–C) groups is 1. The van der Waals surface area contributed by atoms with Crippen LogP contribution in [0.3, 0.4) is 0 Å². The molecular formula is C22H30IN5O. The highest BCUT2D eigenvalue weighted by atomic mass is 127. The molecule has 6 nitrogen and oxygen atoms in total. The molecule has 0 radical (unpaired) electrons. The van der Waals surface area contributed by atoms with Crippen LogP contribution in [0, 0.1) is 0 Å². The molecule has 0 amide bonds. The van der Waals surface area contributed by atoms with Crippen molar-refractivity contribution >= 4 is 35.8 Å². The minimum Gasteiger partial charge on any atom is -0.493 e. The molecule has 0 unspecified atom stereocenters. The summed E-state index contributed by atoms with van der Waals surface area (Å²) in [5.41, 5.74) is 3.88. The van der Waals surface area contributed by atoms with Crippen molar-refractivity contribution < 1.29 is 4.74 Å². The van der Waals surface area contributed by atoms with Gasteiger partial charge in [0.05, 0.1) is 6.61 Å². The van der Waals surface area contributed by atoms with Crippen LogP contribution < -0.4 is 20.3 Å². The predicted octanol–water partition coefficient (Wildman–Crippen LogP) is 3.14. The Morgan fingerprint density at radius 3 is 2.83 bits per heavy atom. The summed E-state index contributed by atoms with van der Waals surface area (Å²) in [5.74, 6) is 2.95. The molecule has 2 aliphatic heterocycles. The number of pyridine rings is 1. The molecule has 0 atom stereocenters. The molecule has 7 heteroatoms. The largest absolute Gasteiger partial charge is 0.493 e. The molecule has 2 aromatic rings. The van der Waals surface area contributed by atoms with Crippen LogP contribution in [-0.2, 0) is 19.4 Å². The molecule has 0 bridgehead atoms. The zero-order valence-electron chi connectivity index (χ0n) is 17.0. The molecule has 0 saturated carbocycles. The number of hydrogen-bond donors (Lipinski definition) is 2. The molecule has 1 aromatic heterocycles. The number of ether oxygens (including phenoxy) is 1. The smallest absolute Gasteiger partial charge is 0.191 e. The van der Waals surface area contributed by atoms with E-state index < -0.39 is 0 Å². The van der Waals surface area contributed by atoms with E-state index in [9.17, 15) is 0 Å². The van der Waals surface area contributed by atoms with Crippen molar-refractivity contribution in [1.82, 2.24) is 15.6 Å². The summed E-state index contributed by atoms with van der Waals surface area (Å²) in [7, 11) is 1.81. The van der Waals surface area contributed by atoms with Gasteiger partial charge in [0.15, 0.2) is 5.96 Å². The molecule has 156 valence electrons. The molecule has 2 N–H and O–H groups in total. The Morgan fingerprint density at radius 2 is 2.00 bits per heavy atom. The fourth-order valence-electron chi connectivity index (χ4n) is 3.82. The highest BCUT2D eigenvalue weighted by molar-refractivity contribution is 14.0. The number of nitrogens with zero attached hydrogens (tertiary/aromatic N) is 3. The van der Waals surface area contributed by atoms with Crippen LogP contribution in [0.4, 0.5) is 5.82 Å². The summed E-state index contributed by atoms with van der Waals surface area (Å²) < 4.78 is 5.58. The first kappa shape index (κ1) is 21.7. The maximum Gasteiger partial charge on any atom is 0.191 e. The van der Waals surface area contributed by atoms with Crippen LogP contribution >= 0.6 is 24.0 Å². The Morgan fingerprint density at radius 1 is 1.14 bits per heavy atom. The van der Waals surface area contributed by atoms with E-state index in [0.717, 1.165) is 63.2 Å². The number of rotatable bonds is 6. The SMILES string of the molecule is CN=C(NCCc1ccc2c(c1)CCO2)NCc1ccnc(N2CCCC2)c1.I. The van der Waals surface area contributed by atoms with Gasteiger partial charge >= 0.3 is 0 Å². The normalized spacial score (nSPS) is 15.5. The number of hydrogen-bond acceptors (Lipinski definition) is 4. The number of benzene rings is 1. The third-order valence-corrected chi connectivity index (χ3v) is 5.38. The first-order valence-electron chi connectivity index (χ1n) is 10.2. The maximum atomic E-state index is 5.58. The number of nitrogens with one attached hydrogen (secondary N) is 2. The Labute approximate surface area is 190 Å².